The molecule has 0 atom stereocenters. The van der Waals surface area contributed by atoms with E-state index < -0.39 is 17.4 Å². The molecule has 142 valence electrons. The number of hydrogen-bond donors (Lipinski definition) is 1. The number of carbonyl (C=O) groups excluding carboxylic acids is 1. The first-order valence-corrected chi connectivity index (χ1v) is 9.13. The van der Waals surface area contributed by atoms with Gasteiger partial charge in [0.2, 0.25) is 0 Å². The number of halogens is 2. The van der Waals surface area contributed by atoms with Crippen molar-refractivity contribution in [3.63, 3.8) is 0 Å². The Hall–Kier alpha value is -2.46. The summed E-state index contributed by atoms with van der Waals surface area (Å²) < 4.78 is 12.0. The summed E-state index contributed by atoms with van der Waals surface area (Å²) in [6, 6.07) is 8.08. The molecule has 0 heterocycles. The fraction of sp³-hybridized carbons (Fsp3) is 0.176. The molecule has 0 aromatic heterocycles. The fourth-order valence-electron chi connectivity index (χ4n) is 2.13. The van der Waals surface area contributed by atoms with E-state index in [4.69, 9.17) is 9.47 Å². The number of hydrogen-bond acceptors (Lipinski definition) is 6. The SMILES string of the molecule is COc1c(Br)cc(Br)cc1/C=N\NC(=O)COc1ccc(C)cc1[N+](=O)[O-]. The van der Waals surface area contributed by atoms with Gasteiger partial charge in [0, 0.05) is 16.1 Å². The van der Waals surface area contributed by atoms with E-state index in [0.29, 0.717) is 11.3 Å². The van der Waals surface area contributed by atoms with Gasteiger partial charge in [0.05, 0.1) is 22.7 Å². The molecule has 27 heavy (non-hydrogen) atoms. The summed E-state index contributed by atoms with van der Waals surface area (Å²) in [5, 5.41) is 14.9. The lowest BCUT2D eigenvalue weighted by Crippen LogP contribution is -2.24. The Bertz CT molecular complexity index is 902. The van der Waals surface area contributed by atoms with E-state index in [1.807, 2.05) is 6.07 Å². The molecule has 1 N–H and O–H groups in total. The van der Waals surface area contributed by atoms with E-state index in [1.165, 1.54) is 25.5 Å². The number of nitrogens with zero attached hydrogens (tertiary/aromatic N) is 2. The van der Waals surface area contributed by atoms with Crippen LogP contribution >= 0.6 is 31.9 Å². The van der Waals surface area contributed by atoms with E-state index in [2.05, 4.69) is 42.4 Å². The molecule has 0 unspecified atom stereocenters. The monoisotopic (exact) mass is 499 g/mol. The van der Waals surface area contributed by atoms with Gasteiger partial charge in [-0.2, -0.15) is 5.10 Å². The van der Waals surface area contributed by atoms with Crippen LogP contribution in [0.25, 0.3) is 0 Å². The second-order valence-corrected chi connectivity index (χ2v) is 7.09. The first-order chi connectivity index (χ1) is 12.8. The Kier molecular flexibility index (Phi) is 7.31. The van der Waals surface area contributed by atoms with Crippen LogP contribution in [0.1, 0.15) is 11.1 Å². The maximum absolute atomic E-state index is 11.9. The molecule has 0 aliphatic rings. The van der Waals surface area contributed by atoms with Crippen LogP contribution in [-0.4, -0.2) is 30.8 Å². The van der Waals surface area contributed by atoms with Gasteiger partial charge < -0.3 is 9.47 Å². The third-order valence-corrected chi connectivity index (χ3v) is 4.35. The maximum Gasteiger partial charge on any atom is 0.311 e. The third kappa shape index (κ3) is 5.76. The van der Waals surface area contributed by atoms with Crippen LogP contribution in [0.3, 0.4) is 0 Å². The van der Waals surface area contributed by atoms with Crippen LogP contribution in [0.5, 0.6) is 11.5 Å². The molecule has 0 radical (unpaired) electrons. The fourth-order valence-corrected chi connectivity index (χ4v) is 3.55. The Labute approximate surface area is 172 Å². The number of hydrazone groups is 1. The Balaban J connectivity index is 2.00. The van der Waals surface area contributed by atoms with Gasteiger partial charge in [-0.15, -0.1) is 0 Å². The Morgan fingerprint density at radius 2 is 2.07 bits per heavy atom. The molecule has 0 aliphatic heterocycles. The summed E-state index contributed by atoms with van der Waals surface area (Å²) in [4.78, 5) is 22.4. The molecule has 2 aromatic carbocycles. The highest BCUT2D eigenvalue weighted by Gasteiger charge is 2.16. The highest BCUT2D eigenvalue weighted by atomic mass is 79.9. The molecule has 0 spiro atoms. The van der Waals surface area contributed by atoms with Crippen LogP contribution in [-0.2, 0) is 4.79 Å². The summed E-state index contributed by atoms with van der Waals surface area (Å²) >= 11 is 6.74. The molecule has 0 bridgehead atoms. The third-order valence-electron chi connectivity index (χ3n) is 3.30. The minimum absolute atomic E-state index is 0.0160. The molecule has 10 heteroatoms. The zero-order valence-corrected chi connectivity index (χ0v) is 17.5. The number of methoxy groups -OCH3 is 1. The lowest BCUT2D eigenvalue weighted by atomic mass is 10.2. The van der Waals surface area contributed by atoms with E-state index in [0.717, 1.165) is 14.5 Å². The number of nitrogens with one attached hydrogen (secondary N) is 1. The molecule has 2 aromatic rings. The van der Waals surface area contributed by atoms with Gasteiger partial charge in [-0.3, -0.25) is 14.9 Å². The minimum atomic E-state index is -0.561. The van der Waals surface area contributed by atoms with Crippen molar-refractivity contribution < 1.29 is 19.2 Å². The molecule has 0 aliphatic carbocycles. The molecular formula is C17H15Br2N3O5. The second-order valence-electron chi connectivity index (χ2n) is 5.32. The van der Waals surface area contributed by atoms with Crippen LogP contribution in [0.15, 0.2) is 44.4 Å². The van der Waals surface area contributed by atoms with Crippen molar-refractivity contribution in [2.24, 2.45) is 5.10 Å². The number of rotatable bonds is 7. The average molecular weight is 501 g/mol. The zero-order valence-electron chi connectivity index (χ0n) is 14.4. The second kappa shape index (κ2) is 9.47. The quantitative estimate of drug-likeness (QED) is 0.352. The van der Waals surface area contributed by atoms with Gasteiger partial charge in [-0.1, -0.05) is 22.0 Å². The van der Waals surface area contributed by atoms with Gasteiger partial charge in [-0.25, -0.2) is 5.43 Å². The van der Waals surface area contributed by atoms with Crippen molar-refractivity contribution in [2.45, 2.75) is 6.92 Å². The lowest BCUT2D eigenvalue weighted by Gasteiger charge is -2.08. The van der Waals surface area contributed by atoms with Crippen molar-refractivity contribution in [3.8, 4) is 11.5 Å². The molecule has 0 saturated heterocycles. The van der Waals surface area contributed by atoms with Crippen LogP contribution in [0, 0.1) is 17.0 Å². The van der Waals surface area contributed by atoms with Crippen molar-refractivity contribution in [3.05, 3.63) is 60.5 Å². The number of aryl methyl sites for hydroxylation is 1. The van der Waals surface area contributed by atoms with Gasteiger partial charge >= 0.3 is 5.69 Å². The lowest BCUT2D eigenvalue weighted by molar-refractivity contribution is -0.385. The van der Waals surface area contributed by atoms with Gasteiger partial charge in [0.1, 0.15) is 5.75 Å². The summed E-state index contributed by atoms with van der Waals surface area (Å²) in [6.45, 7) is 1.31. The first kappa shape index (κ1) is 20.8. The van der Waals surface area contributed by atoms with Gasteiger partial charge in [-0.05, 0) is 46.6 Å². The van der Waals surface area contributed by atoms with Crippen molar-refractivity contribution in [1.82, 2.24) is 5.43 Å². The van der Waals surface area contributed by atoms with Gasteiger partial charge in [0.25, 0.3) is 5.91 Å². The van der Waals surface area contributed by atoms with Crippen molar-refractivity contribution in [1.29, 1.82) is 0 Å². The van der Waals surface area contributed by atoms with E-state index in [-0.39, 0.29) is 11.4 Å². The smallest absolute Gasteiger partial charge is 0.311 e. The standard InChI is InChI=1S/C17H15Br2N3O5/c1-10-3-4-15(14(5-10)22(24)25)27-9-16(23)21-20-8-11-6-12(18)7-13(19)17(11)26-2/h3-8H,9H2,1-2H3,(H,21,23)/b20-8-. The number of ether oxygens (including phenoxy) is 2. The van der Waals surface area contributed by atoms with Crippen molar-refractivity contribution >= 4 is 49.7 Å². The highest BCUT2D eigenvalue weighted by molar-refractivity contribution is 9.11. The molecular weight excluding hydrogens is 486 g/mol. The topological polar surface area (TPSA) is 103 Å². The molecule has 2 rings (SSSR count). The zero-order chi connectivity index (χ0) is 20.0. The van der Waals surface area contributed by atoms with Gasteiger partial charge in [0.15, 0.2) is 12.4 Å². The van der Waals surface area contributed by atoms with Crippen molar-refractivity contribution in [2.75, 3.05) is 13.7 Å². The highest BCUT2D eigenvalue weighted by Crippen LogP contribution is 2.31. The maximum atomic E-state index is 11.9. The molecule has 8 nitrogen and oxygen atoms in total. The number of carbonyl (C=O) groups is 1. The predicted molar refractivity (Wildman–Crippen MR) is 107 cm³/mol. The van der Waals surface area contributed by atoms with E-state index >= 15 is 0 Å². The minimum Gasteiger partial charge on any atom is -0.495 e. The van der Waals surface area contributed by atoms with E-state index in [9.17, 15) is 14.9 Å². The molecule has 0 fully saturated rings. The largest absolute Gasteiger partial charge is 0.495 e. The van der Waals surface area contributed by atoms with E-state index in [1.54, 1.807) is 19.1 Å². The summed E-state index contributed by atoms with van der Waals surface area (Å²) in [6.07, 6.45) is 1.42. The van der Waals surface area contributed by atoms with Crippen LogP contribution in [0.4, 0.5) is 5.69 Å². The summed E-state index contributed by atoms with van der Waals surface area (Å²) in [5.41, 5.74) is 3.46. The summed E-state index contributed by atoms with van der Waals surface area (Å²) in [5.74, 6) is 0.0131. The average Bonchev–Trinajstić information content (AvgIpc) is 2.60. The Morgan fingerprint density at radius 1 is 1.33 bits per heavy atom. The number of amides is 1. The van der Waals surface area contributed by atoms with Crippen LogP contribution in [0.2, 0.25) is 0 Å². The number of benzene rings is 2. The number of nitro benzene ring substituents is 1. The first-order valence-electron chi connectivity index (χ1n) is 7.54. The predicted octanol–water partition coefficient (Wildman–Crippen LogP) is 3.97. The number of nitro groups is 1. The van der Waals surface area contributed by atoms with Crippen LogP contribution < -0.4 is 14.9 Å². The summed E-state index contributed by atoms with van der Waals surface area (Å²) in [7, 11) is 1.52. The molecule has 1 amide bonds. The Morgan fingerprint density at radius 3 is 2.74 bits per heavy atom. The normalized spacial score (nSPS) is 10.7. The molecule has 0 saturated carbocycles.